The molecule has 0 aliphatic heterocycles. The van der Waals surface area contributed by atoms with Crippen molar-refractivity contribution >= 4 is 11.8 Å². The molecule has 0 amide bonds. The van der Waals surface area contributed by atoms with Crippen molar-refractivity contribution < 1.29 is 9.84 Å². The molecule has 22 heavy (non-hydrogen) atoms. The van der Waals surface area contributed by atoms with Crippen LogP contribution in [0.1, 0.15) is 31.0 Å². The van der Waals surface area contributed by atoms with E-state index in [0.29, 0.717) is 11.8 Å². The monoisotopic (exact) mass is 321 g/mol. The molecule has 0 aliphatic carbocycles. The van der Waals surface area contributed by atoms with Gasteiger partial charge in [-0.25, -0.2) is 0 Å². The third kappa shape index (κ3) is 4.48. The Balaban J connectivity index is 1.84. The number of hydrogen-bond donors (Lipinski definition) is 1. The number of aromatic nitrogens is 3. The molecule has 1 heterocycles. The minimum atomic E-state index is -0.553. The van der Waals surface area contributed by atoms with Crippen molar-refractivity contribution in [1.29, 1.82) is 0 Å². The van der Waals surface area contributed by atoms with Crippen LogP contribution >= 0.6 is 11.8 Å². The maximum Gasteiger partial charge on any atom is 0.191 e. The molecule has 5 nitrogen and oxygen atoms in total. The van der Waals surface area contributed by atoms with Gasteiger partial charge in [0, 0.05) is 11.8 Å². The molecule has 0 fully saturated rings. The molecule has 120 valence electrons. The van der Waals surface area contributed by atoms with Crippen molar-refractivity contribution in [2.24, 2.45) is 0 Å². The Morgan fingerprint density at radius 1 is 1.32 bits per heavy atom. The van der Waals surface area contributed by atoms with Crippen LogP contribution in [0.3, 0.4) is 0 Å². The molecule has 0 saturated carbocycles. The SMILES string of the molecule is Cc1ccc(C)c(OCC(O)CSc2nncn2C(C)C)c1. The van der Waals surface area contributed by atoms with E-state index in [1.807, 2.05) is 36.6 Å². The van der Waals surface area contributed by atoms with Crippen molar-refractivity contribution in [2.45, 2.75) is 45.0 Å². The van der Waals surface area contributed by atoms with Crippen molar-refractivity contribution in [3.05, 3.63) is 35.7 Å². The van der Waals surface area contributed by atoms with Crippen molar-refractivity contribution in [2.75, 3.05) is 12.4 Å². The first kappa shape index (κ1) is 16.8. The van der Waals surface area contributed by atoms with Gasteiger partial charge in [-0.1, -0.05) is 23.9 Å². The molecular weight excluding hydrogens is 298 g/mol. The molecular formula is C16H23N3O2S. The lowest BCUT2D eigenvalue weighted by Crippen LogP contribution is -2.20. The van der Waals surface area contributed by atoms with Gasteiger partial charge in [0.25, 0.3) is 0 Å². The fraction of sp³-hybridized carbons (Fsp3) is 0.500. The van der Waals surface area contributed by atoms with Gasteiger partial charge in [0.15, 0.2) is 5.16 Å². The van der Waals surface area contributed by atoms with Crippen LogP contribution < -0.4 is 4.74 Å². The number of thioether (sulfide) groups is 1. The number of aliphatic hydroxyl groups is 1. The van der Waals surface area contributed by atoms with Gasteiger partial charge in [-0.2, -0.15) is 0 Å². The van der Waals surface area contributed by atoms with Crippen LogP contribution in [0.2, 0.25) is 0 Å². The van der Waals surface area contributed by atoms with Crippen molar-refractivity contribution in [3.8, 4) is 5.75 Å². The maximum absolute atomic E-state index is 10.1. The molecule has 2 aromatic rings. The van der Waals surface area contributed by atoms with E-state index in [4.69, 9.17) is 4.74 Å². The summed E-state index contributed by atoms with van der Waals surface area (Å²) in [5, 5.41) is 18.9. The highest BCUT2D eigenvalue weighted by Crippen LogP contribution is 2.21. The summed E-state index contributed by atoms with van der Waals surface area (Å²) in [6, 6.07) is 6.37. The quantitative estimate of drug-likeness (QED) is 0.794. The molecule has 0 spiro atoms. The van der Waals surface area contributed by atoms with Crippen molar-refractivity contribution in [3.63, 3.8) is 0 Å². The minimum Gasteiger partial charge on any atom is -0.491 e. The van der Waals surface area contributed by atoms with Gasteiger partial charge in [0.2, 0.25) is 0 Å². The number of aliphatic hydroxyl groups excluding tert-OH is 1. The molecule has 1 atom stereocenters. The summed E-state index contributed by atoms with van der Waals surface area (Å²) in [5.74, 6) is 1.35. The highest BCUT2D eigenvalue weighted by atomic mass is 32.2. The van der Waals surface area contributed by atoms with E-state index in [9.17, 15) is 5.11 Å². The maximum atomic E-state index is 10.1. The summed E-state index contributed by atoms with van der Waals surface area (Å²) in [6.45, 7) is 8.45. The predicted molar refractivity (Wildman–Crippen MR) is 88.5 cm³/mol. The summed E-state index contributed by atoms with van der Waals surface area (Å²) in [5.41, 5.74) is 2.22. The molecule has 0 aliphatic rings. The Hall–Kier alpha value is -1.53. The number of rotatable bonds is 7. The zero-order chi connectivity index (χ0) is 16.1. The molecule has 0 saturated heterocycles. The van der Waals surface area contributed by atoms with E-state index in [0.717, 1.165) is 22.0 Å². The smallest absolute Gasteiger partial charge is 0.191 e. The Morgan fingerprint density at radius 3 is 2.82 bits per heavy atom. The van der Waals surface area contributed by atoms with Gasteiger partial charge in [-0.05, 0) is 44.9 Å². The first-order chi connectivity index (χ1) is 10.5. The number of nitrogens with zero attached hydrogens (tertiary/aromatic N) is 3. The Bertz CT molecular complexity index is 613. The summed E-state index contributed by atoms with van der Waals surface area (Å²) >= 11 is 1.49. The summed E-state index contributed by atoms with van der Waals surface area (Å²) in [7, 11) is 0. The van der Waals surface area contributed by atoms with Gasteiger partial charge in [0.1, 0.15) is 18.7 Å². The summed E-state index contributed by atoms with van der Waals surface area (Å²) in [4.78, 5) is 0. The first-order valence-corrected chi connectivity index (χ1v) is 8.36. The van der Waals surface area contributed by atoms with E-state index < -0.39 is 6.10 Å². The number of ether oxygens (including phenoxy) is 1. The molecule has 1 aromatic carbocycles. The lowest BCUT2D eigenvalue weighted by atomic mass is 10.1. The molecule has 0 radical (unpaired) electrons. The fourth-order valence-electron chi connectivity index (χ4n) is 1.96. The number of benzene rings is 1. The Labute approximate surface area is 135 Å². The third-order valence-corrected chi connectivity index (χ3v) is 4.38. The fourth-order valence-corrected chi connectivity index (χ4v) is 2.91. The van der Waals surface area contributed by atoms with Crippen LogP contribution in [-0.2, 0) is 0 Å². The second-order valence-corrected chi connectivity index (χ2v) is 6.65. The summed E-state index contributed by atoms with van der Waals surface area (Å²) < 4.78 is 7.71. The largest absolute Gasteiger partial charge is 0.491 e. The minimum absolute atomic E-state index is 0.271. The average Bonchev–Trinajstić information content (AvgIpc) is 2.94. The zero-order valence-electron chi connectivity index (χ0n) is 13.5. The zero-order valence-corrected chi connectivity index (χ0v) is 14.3. The van der Waals surface area contributed by atoms with E-state index in [-0.39, 0.29) is 6.61 Å². The topological polar surface area (TPSA) is 60.2 Å². The van der Waals surface area contributed by atoms with Crippen LogP contribution in [0.4, 0.5) is 0 Å². The number of aryl methyl sites for hydroxylation is 2. The lowest BCUT2D eigenvalue weighted by Gasteiger charge is -2.15. The van der Waals surface area contributed by atoms with Crippen LogP contribution in [0.15, 0.2) is 29.7 Å². The highest BCUT2D eigenvalue weighted by Gasteiger charge is 2.12. The van der Waals surface area contributed by atoms with Crippen LogP contribution in [-0.4, -0.2) is 38.3 Å². The molecule has 1 N–H and O–H groups in total. The Morgan fingerprint density at radius 2 is 2.09 bits per heavy atom. The van der Waals surface area contributed by atoms with Gasteiger partial charge in [-0.3, -0.25) is 0 Å². The van der Waals surface area contributed by atoms with Crippen molar-refractivity contribution in [1.82, 2.24) is 14.8 Å². The molecule has 6 heteroatoms. The van der Waals surface area contributed by atoms with Crippen LogP contribution in [0, 0.1) is 13.8 Å². The second kappa shape index (κ2) is 7.65. The average molecular weight is 321 g/mol. The van der Waals surface area contributed by atoms with E-state index in [1.54, 1.807) is 6.33 Å². The molecule has 0 bridgehead atoms. The van der Waals surface area contributed by atoms with Gasteiger partial charge >= 0.3 is 0 Å². The van der Waals surface area contributed by atoms with Gasteiger partial charge in [0.05, 0.1) is 6.10 Å². The Kier molecular flexibility index (Phi) is 5.85. The van der Waals surface area contributed by atoms with E-state index >= 15 is 0 Å². The normalized spacial score (nSPS) is 12.6. The number of hydrogen-bond acceptors (Lipinski definition) is 5. The lowest BCUT2D eigenvalue weighted by molar-refractivity contribution is 0.126. The molecule has 1 unspecified atom stereocenters. The molecule has 2 rings (SSSR count). The highest BCUT2D eigenvalue weighted by molar-refractivity contribution is 7.99. The van der Waals surface area contributed by atoms with Gasteiger partial charge in [-0.15, -0.1) is 10.2 Å². The van der Waals surface area contributed by atoms with Gasteiger partial charge < -0.3 is 14.4 Å². The van der Waals surface area contributed by atoms with Crippen LogP contribution in [0.25, 0.3) is 0 Å². The van der Waals surface area contributed by atoms with E-state index in [2.05, 4.69) is 24.0 Å². The van der Waals surface area contributed by atoms with Crippen LogP contribution in [0.5, 0.6) is 5.75 Å². The summed E-state index contributed by atoms with van der Waals surface area (Å²) in [6.07, 6.45) is 1.16. The molecule has 1 aromatic heterocycles. The third-order valence-electron chi connectivity index (χ3n) is 3.28. The standard InChI is InChI=1S/C16H23N3O2S/c1-11(2)19-10-17-18-16(19)22-9-14(20)8-21-15-7-12(3)5-6-13(15)4/h5-7,10-11,14,20H,8-9H2,1-4H3. The first-order valence-electron chi connectivity index (χ1n) is 7.37. The second-order valence-electron chi connectivity index (χ2n) is 5.66. The predicted octanol–water partition coefficient (Wildman–Crippen LogP) is 3.01. The van der Waals surface area contributed by atoms with E-state index in [1.165, 1.54) is 11.8 Å².